The summed E-state index contributed by atoms with van der Waals surface area (Å²) in [6.45, 7) is 10.7. The topological polar surface area (TPSA) is 47.6 Å². The number of anilines is 1. The van der Waals surface area contributed by atoms with Crippen molar-refractivity contribution in [2.45, 2.75) is 47.1 Å². The van der Waals surface area contributed by atoms with Gasteiger partial charge in [-0.3, -0.25) is 4.79 Å². The molecule has 2 aromatic carbocycles. The zero-order chi connectivity index (χ0) is 20.0. The summed E-state index contributed by atoms with van der Waals surface area (Å²) in [4.78, 5) is 12.5. The van der Waals surface area contributed by atoms with E-state index in [1.54, 1.807) is 6.92 Å². The Morgan fingerprint density at radius 3 is 2.41 bits per heavy atom. The van der Waals surface area contributed by atoms with E-state index in [0.717, 1.165) is 33.5 Å². The minimum absolute atomic E-state index is 0.198. The van der Waals surface area contributed by atoms with E-state index in [9.17, 15) is 4.79 Å². The SMILES string of the molecule is Cc1cc(Br)cc(C)c1OC(C)C(=O)Nc1cccc(OCCC(C)C)c1. The van der Waals surface area contributed by atoms with Crippen molar-refractivity contribution < 1.29 is 14.3 Å². The van der Waals surface area contributed by atoms with E-state index in [1.807, 2.05) is 50.2 Å². The van der Waals surface area contributed by atoms with Gasteiger partial charge in [-0.1, -0.05) is 35.8 Å². The Bertz CT molecular complexity index is 766. The summed E-state index contributed by atoms with van der Waals surface area (Å²) in [5.74, 6) is 1.89. The first-order valence-corrected chi connectivity index (χ1v) is 10.0. The number of halogens is 1. The number of amides is 1. The number of carbonyl (C=O) groups excluding carboxylic acids is 1. The molecule has 0 aliphatic rings. The molecule has 1 unspecified atom stereocenters. The fraction of sp³-hybridized carbons (Fsp3) is 0.409. The van der Waals surface area contributed by atoms with Gasteiger partial charge < -0.3 is 14.8 Å². The summed E-state index contributed by atoms with van der Waals surface area (Å²) in [7, 11) is 0. The van der Waals surface area contributed by atoms with Crippen LogP contribution in [0.5, 0.6) is 11.5 Å². The van der Waals surface area contributed by atoms with Crippen molar-refractivity contribution in [2.75, 3.05) is 11.9 Å². The van der Waals surface area contributed by atoms with Crippen LogP contribution in [0, 0.1) is 19.8 Å². The molecule has 0 aromatic heterocycles. The van der Waals surface area contributed by atoms with Crippen LogP contribution in [0.4, 0.5) is 5.69 Å². The van der Waals surface area contributed by atoms with Crippen LogP contribution in [0.1, 0.15) is 38.3 Å². The Labute approximate surface area is 170 Å². The summed E-state index contributed by atoms with van der Waals surface area (Å²) in [5, 5.41) is 2.90. The normalized spacial score (nSPS) is 12.0. The molecule has 0 bridgehead atoms. The third-order valence-corrected chi connectivity index (χ3v) is 4.61. The van der Waals surface area contributed by atoms with Crippen LogP contribution in [-0.4, -0.2) is 18.6 Å². The number of ether oxygens (including phenoxy) is 2. The molecular formula is C22H28BrNO3. The predicted octanol–water partition coefficient (Wildman–Crippen LogP) is 5.90. The van der Waals surface area contributed by atoms with Crippen molar-refractivity contribution >= 4 is 27.5 Å². The van der Waals surface area contributed by atoms with Gasteiger partial charge in [0.25, 0.3) is 5.91 Å². The molecular weight excluding hydrogens is 406 g/mol. The van der Waals surface area contributed by atoms with E-state index < -0.39 is 6.10 Å². The molecule has 1 N–H and O–H groups in total. The molecule has 0 saturated carbocycles. The van der Waals surface area contributed by atoms with Crippen LogP contribution in [0.3, 0.4) is 0 Å². The lowest BCUT2D eigenvalue weighted by Gasteiger charge is -2.18. The van der Waals surface area contributed by atoms with Crippen molar-refractivity contribution in [1.29, 1.82) is 0 Å². The molecule has 146 valence electrons. The maximum absolute atomic E-state index is 12.5. The Hall–Kier alpha value is -2.01. The van der Waals surface area contributed by atoms with E-state index in [-0.39, 0.29) is 5.91 Å². The van der Waals surface area contributed by atoms with E-state index in [1.165, 1.54) is 0 Å². The van der Waals surface area contributed by atoms with Crippen LogP contribution in [0.25, 0.3) is 0 Å². The Balaban J connectivity index is 1.98. The number of aryl methyl sites for hydroxylation is 2. The van der Waals surface area contributed by atoms with Crippen LogP contribution in [0.2, 0.25) is 0 Å². The molecule has 0 radical (unpaired) electrons. The number of hydrogen-bond donors (Lipinski definition) is 1. The molecule has 5 heteroatoms. The molecule has 0 spiro atoms. The number of rotatable bonds is 8. The molecule has 0 aliphatic carbocycles. The first kappa shape index (κ1) is 21.3. The number of nitrogens with one attached hydrogen (secondary N) is 1. The number of carbonyl (C=O) groups is 1. The minimum Gasteiger partial charge on any atom is -0.494 e. The smallest absolute Gasteiger partial charge is 0.265 e. The van der Waals surface area contributed by atoms with Gasteiger partial charge in [0.1, 0.15) is 11.5 Å². The monoisotopic (exact) mass is 433 g/mol. The van der Waals surface area contributed by atoms with Gasteiger partial charge in [-0.25, -0.2) is 0 Å². The third-order valence-electron chi connectivity index (χ3n) is 4.15. The van der Waals surface area contributed by atoms with Gasteiger partial charge in [0, 0.05) is 16.2 Å². The standard InChI is InChI=1S/C22H28BrNO3/c1-14(2)9-10-26-20-8-6-7-19(13-20)24-22(25)17(5)27-21-15(3)11-18(23)12-16(21)4/h6-8,11-14,17H,9-10H2,1-5H3,(H,24,25). The molecule has 2 rings (SSSR count). The highest BCUT2D eigenvalue weighted by molar-refractivity contribution is 9.10. The largest absolute Gasteiger partial charge is 0.494 e. The van der Waals surface area contributed by atoms with Crippen LogP contribution in [0.15, 0.2) is 40.9 Å². The van der Waals surface area contributed by atoms with Crippen molar-refractivity contribution in [2.24, 2.45) is 5.92 Å². The average molecular weight is 434 g/mol. The molecule has 1 amide bonds. The van der Waals surface area contributed by atoms with Gasteiger partial charge in [-0.05, 0) is 68.5 Å². The maximum atomic E-state index is 12.5. The van der Waals surface area contributed by atoms with Crippen LogP contribution < -0.4 is 14.8 Å². The molecule has 2 aromatic rings. The van der Waals surface area contributed by atoms with E-state index in [4.69, 9.17) is 9.47 Å². The summed E-state index contributed by atoms with van der Waals surface area (Å²) in [6, 6.07) is 11.4. The molecule has 1 atom stereocenters. The fourth-order valence-electron chi connectivity index (χ4n) is 2.63. The second kappa shape index (κ2) is 9.79. The lowest BCUT2D eigenvalue weighted by Crippen LogP contribution is -2.30. The average Bonchev–Trinajstić information content (AvgIpc) is 2.57. The van der Waals surface area contributed by atoms with Gasteiger partial charge in [-0.15, -0.1) is 0 Å². The Morgan fingerprint density at radius 2 is 1.78 bits per heavy atom. The van der Waals surface area contributed by atoms with E-state index in [2.05, 4.69) is 35.1 Å². The molecule has 0 heterocycles. The van der Waals surface area contributed by atoms with E-state index in [0.29, 0.717) is 18.2 Å². The first-order valence-electron chi connectivity index (χ1n) is 9.23. The summed E-state index contributed by atoms with van der Waals surface area (Å²) in [6.07, 6.45) is 0.377. The van der Waals surface area contributed by atoms with Gasteiger partial charge in [0.2, 0.25) is 0 Å². The van der Waals surface area contributed by atoms with Crippen molar-refractivity contribution in [3.63, 3.8) is 0 Å². The van der Waals surface area contributed by atoms with Gasteiger partial charge in [0.05, 0.1) is 6.61 Å². The van der Waals surface area contributed by atoms with Crippen LogP contribution in [-0.2, 0) is 4.79 Å². The number of benzene rings is 2. The summed E-state index contributed by atoms with van der Waals surface area (Å²) < 4.78 is 12.7. The van der Waals surface area contributed by atoms with Crippen molar-refractivity contribution in [3.8, 4) is 11.5 Å². The first-order chi connectivity index (χ1) is 12.8. The van der Waals surface area contributed by atoms with Crippen LogP contribution >= 0.6 is 15.9 Å². The summed E-state index contributed by atoms with van der Waals surface area (Å²) >= 11 is 3.47. The second-order valence-corrected chi connectivity index (χ2v) is 8.09. The summed E-state index contributed by atoms with van der Waals surface area (Å²) in [5.41, 5.74) is 2.67. The van der Waals surface area contributed by atoms with E-state index >= 15 is 0 Å². The molecule has 0 fully saturated rings. The molecule has 4 nitrogen and oxygen atoms in total. The Kier molecular flexibility index (Phi) is 7.72. The van der Waals surface area contributed by atoms with Gasteiger partial charge in [0.15, 0.2) is 6.10 Å². The fourth-order valence-corrected chi connectivity index (χ4v) is 3.32. The quantitative estimate of drug-likeness (QED) is 0.563. The zero-order valence-corrected chi connectivity index (χ0v) is 18.2. The van der Waals surface area contributed by atoms with Crippen molar-refractivity contribution in [1.82, 2.24) is 0 Å². The van der Waals surface area contributed by atoms with Crippen molar-refractivity contribution in [3.05, 3.63) is 52.0 Å². The highest BCUT2D eigenvalue weighted by Crippen LogP contribution is 2.28. The third kappa shape index (κ3) is 6.58. The molecule has 0 saturated heterocycles. The Morgan fingerprint density at radius 1 is 1.11 bits per heavy atom. The highest BCUT2D eigenvalue weighted by Gasteiger charge is 2.17. The molecule has 0 aliphatic heterocycles. The maximum Gasteiger partial charge on any atom is 0.265 e. The predicted molar refractivity (Wildman–Crippen MR) is 114 cm³/mol. The lowest BCUT2D eigenvalue weighted by atomic mass is 10.1. The zero-order valence-electron chi connectivity index (χ0n) is 16.6. The highest BCUT2D eigenvalue weighted by atomic mass is 79.9. The van der Waals surface area contributed by atoms with Gasteiger partial charge >= 0.3 is 0 Å². The molecule has 27 heavy (non-hydrogen) atoms. The minimum atomic E-state index is -0.617. The number of hydrogen-bond acceptors (Lipinski definition) is 3. The second-order valence-electron chi connectivity index (χ2n) is 7.18. The lowest BCUT2D eigenvalue weighted by molar-refractivity contribution is -0.122. The van der Waals surface area contributed by atoms with Gasteiger partial charge in [-0.2, -0.15) is 0 Å².